The minimum absolute atomic E-state index is 0.208. The molecule has 0 fully saturated rings. The number of rotatable bonds is 3. The zero-order valence-corrected chi connectivity index (χ0v) is 13.3. The van der Waals surface area contributed by atoms with E-state index in [1.54, 1.807) is 18.5 Å². The fourth-order valence-electron chi connectivity index (χ4n) is 2.46. The Balaban J connectivity index is 1.85. The van der Waals surface area contributed by atoms with Gasteiger partial charge in [0.25, 0.3) is 5.91 Å². The van der Waals surface area contributed by atoms with Crippen LogP contribution in [0.2, 0.25) is 0 Å². The van der Waals surface area contributed by atoms with Crippen molar-refractivity contribution in [3.05, 3.63) is 71.9 Å². The number of benzene rings is 1. The molecule has 0 aliphatic rings. The molecule has 1 aromatic carbocycles. The van der Waals surface area contributed by atoms with Crippen LogP contribution in [0, 0.1) is 0 Å². The van der Waals surface area contributed by atoms with Gasteiger partial charge in [-0.1, -0.05) is 24.3 Å². The number of nitrogens with one attached hydrogen (secondary N) is 1. The molecular weight excluding hydrogens is 320 g/mol. The molecular formula is C18H12N4OS. The molecule has 0 atom stereocenters. The second kappa shape index (κ2) is 6.17. The van der Waals surface area contributed by atoms with Gasteiger partial charge in [0.05, 0.1) is 22.5 Å². The van der Waals surface area contributed by atoms with Crippen LogP contribution >= 0.6 is 11.3 Å². The van der Waals surface area contributed by atoms with Gasteiger partial charge in [0.15, 0.2) is 5.13 Å². The normalized spacial score (nSPS) is 10.7. The first-order valence-electron chi connectivity index (χ1n) is 7.33. The van der Waals surface area contributed by atoms with E-state index in [0.29, 0.717) is 16.4 Å². The van der Waals surface area contributed by atoms with E-state index < -0.39 is 0 Å². The van der Waals surface area contributed by atoms with Gasteiger partial charge >= 0.3 is 0 Å². The molecule has 4 rings (SSSR count). The van der Waals surface area contributed by atoms with Crippen molar-refractivity contribution in [2.45, 2.75) is 0 Å². The summed E-state index contributed by atoms with van der Waals surface area (Å²) in [5.41, 5.74) is 2.70. The van der Waals surface area contributed by atoms with Crippen LogP contribution in [0.15, 0.2) is 66.3 Å². The average molecular weight is 332 g/mol. The number of fused-ring (bicyclic) bond motifs is 1. The maximum absolute atomic E-state index is 12.7. The van der Waals surface area contributed by atoms with Gasteiger partial charge in [0, 0.05) is 23.2 Å². The lowest BCUT2D eigenvalue weighted by molar-refractivity contribution is 0.102. The van der Waals surface area contributed by atoms with Crippen molar-refractivity contribution in [1.29, 1.82) is 0 Å². The van der Waals surface area contributed by atoms with Crippen molar-refractivity contribution in [2.24, 2.45) is 0 Å². The van der Waals surface area contributed by atoms with Gasteiger partial charge in [-0.15, -0.1) is 11.3 Å². The Labute approximate surface area is 142 Å². The van der Waals surface area contributed by atoms with E-state index in [2.05, 4.69) is 20.3 Å². The fraction of sp³-hybridized carbons (Fsp3) is 0. The van der Waals surface area contributed by atoms with Gasteiger partial charge in [-0.2, -0.15) is 0 Å². The molecule has 1 N–H and O–H groups in total. The highest BCUT2D eigenvalue weighted by molar-refractivity contribution is 7.13. The minimum atomic E-state index is -0.208. The summed E-state index contributed by atoms with van der Waals surface area (Å²) in [6.07, 6.45) is 3.37. The summed E-state index contributed by atoms with van der Waals surface area (Å²) in [4.78, 5) is 25.8. The van der Waals surface area contributed by atoms with Gasteiger partial charge in [-0.25, -0.2) is 9.97 Å². The predicted molar refractivity (Wildman–Crippen MR) is 95.0 cm³/mol. The number of thiazole rings is 1. The first-order valence-corrected chi connectivity index (χ1v) is 8.21. The minimum Gasteiger partial charge on any atom is -0.298 e. The van der Waals surface area contributed by atoms with Crippen LogP contribution in [0.25, 0.3) is 22.3 Å². The highest BCUT2D eigenvalue weighted by Gasteiger charge is 2.15. The lowest BCUT2D eigenvalue weighted by Gasteiger charge is -2.09. The molecule has 24 heavy (non-hydrogen) atoms. The number of carbonyl (C=O) groups excluding carboxylic acids is 1. The number of nitrogens with zero attached hydrogens (tertiary/aromatic N) is 3. The Hall–Kier alpha value is -3.12. The molecule has 116 valence electrons. The molecule has 3 aromatic heterocycles. The molecule has 5 nitrogen and oxygen atoms in total. The van der Waals surface area contributed by atoms with Crippen LogP contribution in [0.3, 0.4) is 0 Å². The highest BCUT2D eigenvalue weighted by atomic mass is 32.1. The summed E-state index contributed by atoms with van der Waals surface area (Å²) < 4.78 is 0. The summed E-state index contributed by atoms with van der Waals surface area (Å²) in [7, 11) is 0. The molecule has 6 heteroatoms. The first kappa shape index (κ1) is 14.5. The van der Waals surface area contributed by atoms with Crippen LogP contribution < -0.4 is 5.32 Å². The molecule has 0 saturated carbocycles. The second-order valence-corrected chi connectivity index (χ2v) is 5.97. The Morgan fingerprint density at radius 3 is 2.62 bits per heavy atom. The highest BCUT2D eigenvalue weighted by Crippen LogP contribution is 2.24. The number of carbonyl (C=O) groups is 1. The van der Waals surface area contributed by atoms with E-state index in [4.69, 9.17) is 0 Å². The number of anilines is 1. The molecule has 4 aromatic rings. The van der Waals surface area contributed by atoms with Crippen molar-refractivity contribution in [3.8, 4) is 11.4 Å². The molecule has 1 amide bonds. The predicted octanol–water partition coefficient (Wildman–Crippen LogP) is 4.01. The van der Waals surface area contributed by atoms with Gasteiger partial charge in [-0.05, 0) is 24.3 Å². The van der Waals surface area contributed by atoms with E-state index in [1.807, 2.05) is 47.8 Å². The fourth-order valence-corrected chi connectivity index (χ4v) is 2.98. The third-order valence-electron chi connectivity index (χ3n) is 3.54. The average Bonchev–Trinajstić information content (AvgIpc) is 3.14. The van der Waals surface area contributed by atoms with Gasteiger partial charge in [0.2, 0.25) is 0 Å². The van der Waals surface area contributed by atoms with Crippen LogP contribution in [0.1, 0.15) is 10.4 Å². The SMILES string of the molecule is O=C(Nc1nccs1)c1cc(-c2ccccn2)nc2ccccc12. The molecule has 0 aliphatic heterocycles. The molecule has 0 radical (unpaired) electrons. The molecule has 3 heterocycles. The standard InChI is InChI=1S/C18H12N4OS/c23-17(22-18-20-9-10-24-18)13-11-16(15-7-3-4-8-19-15)21-14-6-2-1-5-12(13)14/h1-11H,(H,20,22,23). The van der Waals surface area contributed by atoms with Gasteiger partial charge in [0.1, 0.15) is 0 Å². The van der Waals surface area contributed by atoms with Crippen LogP contribution in [0.4, 0.5) is 5.13 Å². The van der Waals surface area contributed by atoms with E-state index in [-0.39, 0.29) is 5.91 Å². The third kappa shape index (κ3) is 2.75. The Morgan fingerprint density at radius 1 is 0.958 bits per heavy atom. The van der Waals surface area contributed by atoms with Crippen molar-refractivity contribution in [3.63, 3.8) is 0 Å². The molecule has 0 spiro atoms. The van der Waals surface area contributed by atoms with Gasteiger partial charge < -0.3 is 0 Å². The van der Waals surface area contributed by atoms with Crippen LogP contribution in [-0.2, 0) is 0 Å². The quantitative estimate of drug-likeness (QED) is 0.615. The van der Waals surface area contributed by atoms with Crippen molar-refractivity contribution >= 4 is 33.3 Å². The maximum Gasteiger partial charge on any atom is 0.258 e. The van der Waals surface area contributed by atoms with Crippen LogP contribution in [-0.4, -0.2) is 20.9 Å². The third-order valence-corrected chi connectivity index (χ3v) is 4.23. The summed E-state index contributed by atoms with van der Waals surface area (Å²) >= 11 is 1.38. The first-order chi connectivity index (χ1) is 11.8. The zero-order chi connectivity index (χ0) is 16.4. The van der Waals surface area contributed by atoms with E-state index in [1.165, 1.54) is 11.3 Å². The molecule has 0 unspecified atom stereocenters. The summed E-state index contributed by atoms with van der Waals surface area (Å²) in [5.74, 6) is -0.208. The zero-order valence-electron chi connectivity index (χ0n) is 12.5. The number of aromatic nitrogens is 3. The number of hydrogen-bond acceptors (Lipinski definition) is 5. The van der Waals surface area contributed by atoms with Crippen molar-refractivity contribution in [1.82, 2.24) is 15.0 Å². The van der Waals surface area contributed by atoms with E-state index in [9.17, 15) is 4.79 Å². The van der Waals surface area contributed by atoms with Crippen molar-refractivity contribution in [2.75, 3.05) is 5.32 Å². The van der Waals surface area contributed by atoms with Crippen LogP contribution in [0.5, 0.6) is 0 Å². The number of hydrogen-bond donors (Lipinski definition) is 1. The maximum atomic E-state index is 12.7. The number of para-hydroxylation sites is 1. The topological polar surface area (TPSA) is 67.8 Å². The molecule has 0 aliphatic carbocycles. The van der Waals surface area contributed by atoms with Gasteiger partial charge in [-0.3, -0.25) is 15.1 Å². The Kier molecular flexibility index (Phi) is 3.72. The van der Waals surface area contributed by atoms with E-state index >= 15 is 0 Å². The van der Waals surface area contributed by atoms with Crippen molar-refractivity contribution < 1.29 is 4.79 Å². The largest absolute Gasteiger partial charge is 0.298 e. The second-order valence-electron chi connectivity index (χ2n) is 5.08. The Morgan fingerprint density at radius 2 is 1.83 bits per heavy atom. The monoisotopic (exact) mass is 332 g/mol. The number of pyridine rings is 2. The summed E-state index contributed by atoms with van der Waals surface area (Å²) in [6, 6.07) is 15.0. The number of amides is 1. The van der Waals surface area contributed by atoms with E-state index in [0.717, 1.165) is 16.6 Å². The lowest BCUT2D eigenvalue weighted by atomic mass is 10.1. The lowest BCUT2D eigenvalue weighted by Crippen LogP contribution is -2.13. The smallest absolute Gasteiger partial charge is 0.258 e. The molecule has 0 saturated heterocycles. The Bertz CT molecular complexity index is 1000. The summed E-state index contributed by atoms with van der Waals surface area (Å²) in [5, 5.41) is 6.02. The molecule has 0 bridgehead atoms. The summed E-state index contributed by atoms with van der Waals surface area (Å²) in [6.45, 7) is 0.